The minimum absolute atomic E-state index is 0.0851. The summed E-state index contributed by atoms with van der Waals surface area (Å²) in [4.78, 5) is 15.6. The summed E-state index contributed by atoms with van der Waals surface area (Å²) in [7, 11) is 2.86. The van der Waals surface area contributed by atoms with Crippen molar-refractivity contribution in [3.63, 3.8) is 0 Å². The number of fused-ring (bicyclic) bond motifs is 3. The van der Waals surface area contributed by atoms with Gasteiger partial charge in [-0.3, -0.25) is 9.69 Å². The second-order valence-corrected chi connectivity index (χ2v) is 6.54. The molecule has 8 heteroatoms. The van der Waals surface area contributed by atoms with Gasteiger partial charge < -0.3 is 14.5 Å². The van der Waals surface area contributed by atoms with Crippen LogP contribution in [0.15, 0.2) is 41.2 Å². The minimum Gasteiger partial charge on any atom is -0.497 e. The number of nitrogens with one attached hydrogen (secondary N) is 1. The van der Waals surface area contributed by atoms with Gasteiger partial charge in [0.2, 0.25) is 6.17 Å². The van der Waals surface area contributed by atoms with Crippen LogP contribution in [0.3, 0.4) is 0 Å². The first-order chi connectivity index (χ1) is 13.3. The van der Waals surface area contributed by atoms with Crippen molar-refractivity contribution in [2.24, 2.45) is 0 Å². The fourth-order valence-electron chi connectivity index (χ4n) is 3.66. The first-order valence-electron chi connectivity index (χ1n) is 8.51. The molecule has 5 nitrogen and oxygen atoms in total. The molecule has 2 heterocycles. The zero-order valence-electron chi connectivity index (χ0n) is 15.3. The van der Waals surface area contributed by atoms with Gasteiger partial charge in [0.05, 0.1) is 36.7 Å². The van der Waals surface area contributed by atoms with Crippen molar-refractivity contribution in [3.05, 3.63) is 57.9 Å². The Hall–Kier alpha value is -3.16. The second kappa shape index (κ2) is 6.19. The lowest BCUT2D eigenvalue weighted by Crippen LogP contribution is -2.36. The average molecular weight is 390 g/mol. The van der Waals surface area contributed by atoms with E-state index in [9.17, 15) is 9.18 Å². The van der Waals surface area contributed by atoms with Gasteiger partial charge in [0.25, 0.3) is 5.56 Å². The first kappa shape index (κ1) is 18.2. The summed E-state index contributed by atoms with van der Waals surface area (Å²) in [6, 6.07) is 5.32. The number of benzene rings is 2. The van der Waals surface area contributed by atoms with Crippen molar-refractivity contribution in [3.8, 4) is 11.5 Å². The standard InChI is InChI=1S/C20H17F3N2O3/c1-10-9-11(27-2)7-8-13(10)25-17-12-5-4-6-14(28-3)16(12)24-19(26)15(17)18(21)20(25,22)23/h4-9,18H,1-3H3,(H,24,26). The van der Waals surface area contributed by atoms with E-state index in [4.69, 9.17) is 9.47 Å². The van der Waals surface area contributed by atoms with Gasteiger partial charge in [-0.2, -0.15) is 8.78 Å². The number of hydrogen-bond donors (Lipinski definition) is 1. The number of para-hydroxylation sites is 1. The van der Waals surface area contributed by atoms with E-state index in [1.54, 1.807) is 31.2 Å². The maximum atomic E-state index is 15.1. The summed E-state index contributed by atoms with van der Waals surface area (Å²) in [6.07, 6.45) is -2.77. The molecule has 0 saturated carbocycles. The van der Waals surface area contributed by atoms with Crippen LogP contribution in [0.5, 0.6) is 11.5 Å². The largest absolute Gasteiger partial charge is 0.497 e. The number of ether oxygens (including phenoxy) is 2. The summed E-state index contributed by atoms with van der Waals surface area (Å²) in [5.41, 5.74) is -0.899. The van der Waals surface area contributed by atoms with Crippen LogP contribution in [0, 0.1) is 6.92 Å². The van der Waals surface area contributed by atoms with Crippen LogP contribution in [-0.4, -0.2) is 25.3 Å². The topological polar surface area (TPSA) is 54.6 Å². The molecule has 4 rings (SSSR count). The highest BCUT2D eigenvalue weighted by atomic mass is 19.3. The highest BCUT2D eigenvalue weighted by Gasteiger charge is 2.57. The summed E-state index contributed by atoms with van der Waals surface area (Å²) >= 11 is 0. The van der Waals surface area contributed by atoms with E-state index in [1.165, 1.54) is 26.4 Å². The molecule has 1 N–H and O–H groups in total. The number of rotatable bonds is 3. The molecule has 1 unspecified atom stereocenters. The Balaban J connectivity index is 2.10. The summed E-state index contributed by atoms with van der Waals surface area (Å²) in [5.74, 6) is 0.785. The molecule has 146 valence electrons. The van der Waals surface area contributed by atoms with E-state index in [0.717, 1.165) is 0 Å². The molecule has 0 bridgehead atoms. The Morgan fingerprint density at radius 1 is 1.14 bits per heavy atom. The molecule has 1 aliphatic heterocycles. The molecule has 0 spiro atoms. The van der Waals surface area contributed by atoms with Crippen molar-refractivity contribution in [2.75, 3.05) is 19.1 Å². The van der Waals surface area contributed by atoms with E-state index in [0.29, 0.717) is 22.0 Å². The Kier molecular flexibility index (Phi) is 4.02. The van der Waals surface area contributed by atoms with E-state index < -0.39 is 23.3 Å². The van der Waals surface area contributed by atoms with Gasteiger partial charge in [0.1, 0.15) is 11.5 Å². The van der Waals surface area contributed by atoms with E-state index in [-0.39, 0.29) is 22.3 Å². The number of aromatic nitrogens is 1. The van der Waals surface area contributed by atoms with Crippen LogP contribution >= 0.6 is 0 Å². The normalized spacial score (nSPS) is 17.6. The molecule has 0 fully saturated rings. The van der Waals surface area contributed by atoms with Gasteiger partial charge >= 0.3 is 6.05 Å². The number of anilines is 2. The molecule has 0 aliphatic carbocycles. The highest BCUT2D eigenvalue weighted by molar-refractivity contribution is 6.00. The number of nitrogens with zero attached hydrogens (tertiary/aromatic N) is 1. The maximum absolute atomic E-state index is 15.1. The van der Waals surface area contributed by atoms with E-state index in [1.807, 2.05) is 0 Å². The Morgan fingerprint density at radius 3 is 2.54 bits per heavy atom. The molecule has 1 aromatic heterocycles. The molecule has 0 amide bonds. The van der Waals surface area contributed by atoms with Gasteiger partial charge in [-0.15, -0.1) is 0 Å². The number of aryl methyl sites for hydroxylation is 1. The molecule has 28 heavy (non-hydrogen) atoms. The first-order valence-corrected chi connectivity index (χ1v) is 8.51. The van der Waals surface area contributed by atoms with Gasteiger partial charge in [-0.05, 0) is 36.8 Å². The van der Waals surface area contributed by atoms with Crippen LogP contribution in [0.25, 0.3) is 10.9 Å². The minimum atomic E-state index is -3.94. The summed E-state index contributed by atoms with van der Waals surface area (Å²) in [6.45, 7) is 1.62. The van der Waals surface area contributed by atoms with Crippen molar-refractivity contribution < 1.29 is 22.6 Å². The molecule has 0 radical (unpaired) electrons. The lowest BCUT2D eigenvalue weighted by atomic mass is 10.1. The monoisotopic (exact) mass is 390 g/mol. The van der Waals surface area contributed by atoms with E-state index >= 15 is 8.78 Å². The third-order valence-corrected chi connectivity index (χ3v) is 4.96. The third kappa shape index (κ3) is 2.37. The highest BCUT2D eigenvalue weighted by Crippen LogP contribution is 2.55. The zero-order valence-corrected chi connectivity index (χ0v) is 15.3. The van der Waals surface area contributed by atoms with Gasteiger partial charge in [0, 0.05) is 5.39 Å². The SMILES string of the molecule is COc1ccc(N2c3c(c(=O)[nH]c4c(OC)cccc34)C(F)C2(F)F)c(C)c1. The lowest BCUT2D eigenvalue weighted by molar-refractivity contribution is -0.0566. The van der Waals surface area contributed by atoms with Crippen molar-refractivity contribution in [2.45, 2.75) is 19.1 Å². The predicted molar refractivity (Wildman–Crippen MR) is 99.8 cm³/mol. The maximum Gasteiger partial charge on any atom is 0.365 e. The average Bonchev–Trinajstić information content (AvgIpc) is 2.88. The van der Waals surface area contributed by atoms with Crippen LogP contribution < -0.4 is 19.9 Å². The predicted octanol–water partition coefficient (Wildman–Crippen LogP) is 4.61. The molecule has 3 aromatic rings. The molecule has 0 saturated heterocycles. The summed E-state index contributed by atoms with van der Waals surface area (Å²) < 4.78 is 55.3. The Labute approximate surface area is 158 Å². The van der Waals surface area contributed by atoms with Crippen LogP contribution in [0.1, 0.15) is 17.3 Å². The van der Waals surface area contributed by atoms with Crippen molar-refractivity contribution >= 4 is 22.3 Å². The van der Waals surface area contributed by atoms with Gasteiger partial charge in [-0.25, -0.2) is 4.39 Å². The second-order valence-electron chi connectivity index (χ2n) is 6.54. The van der Waals surface area contributed by atoms with Crippen molar-refractivity contribution in [1.29, 1.82) is 0 Å². The lowest BCUT2D eigenvalue weighted by Gasteiger charge is -2.29. The molecule has 2 aromatic carbocycles. The molecule has 1 atom stereocenters. The molecular formula is C20H17F3N2O3. The fourth-order valence-corrected chi connectivity index (χ4v) is 3.66. The number of alkyl halides is 3. The number of H-pyrrole nitrogens is 1. The fraction of sp³-hybridized carbons (Fsp3) is 0.250. The number of methoxy groups -OCH3 is 2. The Bertz CT molecular complexity index is 1140. The van der Waals surface area contributed by atoms with Crippen LogP contribution in [0.2, 0.25) is 0 Å². The van der Waals surface area contributed by atoms with Gasteiger partial charge in [-0.1, -0.05) is 12.1 Å². The number of hydrogen-bond acceptors (Lipinski definition) is 4. The number of aromatic amines is 1. The number of halogens is 3. The van der Waals surface area contributed by atoms with Crippen LogP contribution in [-0.2, 0) is 0 Å². The molecular weight excluding hydrogens is 373 g/mol. The summed E-state index contributed by atoms with van der Waals surface area (Å²) in [5, 5.41) is 0.268. The smallest absolute Gasteiger partial charge is 0.365 e. The van der Waals surface area contributed by atoms with E-state index in [2.05, 4.69) is 4.98 Å². The third-order valence-electron chi connectivity index (χ3n) is 4.96. The zero-order chi connectivity index (χ0) is 20.2. The Morgan fingerprint density at radius 2 is 1.89 bits per heavy atom. The quantitative estimate of drug-likeness (QED) is 0.664. The van der Waals surface area contributed by atoms with Gasteiger partial charge in [0.15, 0.2) is 0 Å². The number of pyridine rings is 1. The van der Waals surface area contributed by atoms with Crippen LogP contribution in [0.4, 0.5) is 24.5 Å². The molecule has 1 aliphatic rings. The van der Waals surface area contributed by atoms with Crippen molar-refractivity contribution in [1.82, 2.24) is 4.98 Å².